The molecule has 0 fully saturated rings. The van der Waals surface area contributed by atoms with Gasteiger partial charge in [-0.1, -0.05) is 26.8 Å². The van der Waals surface area contributed by atoms with E-state index in [1.54, 1.807) is 0 Å². The number of nitrogens with one attached hydrogen (secondary N) is 1. The first-order chi connectivity index (χ1) is 6.38. The normalized spacial score (nSPS) is 8.92. The summed E-state index contributed by atoms with van der Waals surface area (Å²) < 4.78 is 0. The third-order valence-electron chi connectivity index (χ3n) is 1.71. The van der Waals surface area contributed by atoms with Crippen LogP contribution < -0.4 is 5.32 Å². The highest BCUT2D eigenvalue weighted by molar-refractivity contribution is 5.19. The molecule has 0 spiro atoms. The van der Waals surface area contributed by atoms with E-state index < -0.39 is 0 Å². The topological polar surface area (TPSA) is 24.9 Å². The van der Waals surface area contributed by atoms with Gasteiger partial charge in [-0.25, -0.2) is 0 Å². The molecule has 74 valence electrons. The summed E-state index contributed by atoms with van der Waals surface area (Å²) in [5, 5.41) is 3.10. The number of pyridine rings is 1. The number of rotatable bonds is 3. The fourth-order valence-corrected chi connectivity index (χ4v) is 1.12. The maximum absolute atomic E-state index is 4.28. The van der Waals surface area contributed by atoms with Crippen LogP contribution in [0.2, 0.25) is 0 Å². The molecule has 0 atom stereocenters. The van der Waals surface area contributed by atoms with Crippen molar-refractivity contribution < 1.29 is 0 Å². The fraction of sp³-hybridized carbons (Fsp3) is 0.545. The van der Waals surface area contributed by atoms with Gasteiger partial charge in [-0.05, 0) is 25.1 Å². The van der Waals surface area contributed by atoms with Gasteiger partial charge in [-0.3, -0.25) is 4.98 Å². The highest BCUT2D eigenvalue weighted by Crippen LogP contribution is 2.04. The first kappa shape index (κ1) is 12.1. The Morgan fingerprint density at radius 1 is 1.38 bits per heavy atom. The van der Waals surface area contributed by atoms with Crippen molar-refractivity contribution in [3.8, 4) is 0 Å². The molecule has 0 bridgehead atoms. The first-order valence-corrected chi connectivity index (χ1v) is 4.95. The van der Waals surface area contributed by atoms with Gasteiger partial charge in [-0.2, -0.15) is 0 Å². The van der Waals surface area contributed by atoms with E-state index in [4.69, 9.17) is 0 Å². The smallest absolute Gasteiger partial charge is 0.0573 e. The summed E-state index contributed by atoms with van der Waals surface area (Å²) >= 11 is 0. The molecule has 0 aromatic carbocycles. The highest BCUT2D eigenvalue weighted by atomic mass is 14.8. The predicted molar refractivity (Wildman–Crippen MR) is 57.7 cm³/mol. The second-order valence-corrected chi connectivity index (χ2v) is 2.49. The molecule has 0 aliphatic rings. The lowest BCUT2D eigenvalue weighted by Crippen LogP contribution is -2.09. The van der Waals surface area contributed by atoms with E-state index in [0.29, 0.717) is 0 Å². The maximum atomic E-state index is 4.28. The van der Waals surface area contributed by atoms with E-state index in [9.17, 15) is 0 Å². The number of aromatic nitrogens is 1. The molecule has 2 heteroatoms. The summed E-state index contributed by atoms with van der Waals surface area (Å²) in [7, 11) is 1.94. The van der Waals surface area contributed by atoms with Crippen LogP contribution in [0.4, 0.5) is 0 Å². The van der Waals surface area contributed by atoms with Crippen molar-refractivity contribution in [1.82, 2.24) is 10.3 Å². The van der Waals surface area contributed by atoms with Crippen molar-refractivity contribution in [2.24, 2.45) is 0 Å². The largest absolute Gasteiger partial charge is 0.314 e. The molecule has 0 aliphatic carbocycles. The molecular formula is C11H20N2. The third kappa shape index (κ3) is 4.04. The Bertz CT molecular complexity index is 221. The first-order valence-electron chi connectivity index (χ1n) is 4.95. The molecule has 1 N–H and O–H groups in total. The summed E-state index contributed by atoms with van der Waals surface area (Å²) in [6.45, 7) is 7.01. The number of aryl methyl sites for hydroxylation is 1. The Hall–Kier alpha value is -0.890. The van der Waals surface area contributed by atoms with Gasteiger partial charge in [-0.15, -0.1) is 0 Å². The van der Waals surface area contributed by atoms with Gasteiger partial charge in [0, 0.05) is 12.7 Å². The zero-order valence-electron chi connectivity index (χ0n) is 9.09. The summed E-state index contributed by atoms with van der Waals surface area (Å²) in [5.41, 5.74) is 2.50. The number of nitrogens with zero attached hydrogens (tertiary/aromatic N) is 1. The van der Waals surface area contributed by atoms with Crippen LogP contribution in [0, 0.1) is 0 Å². The van der Waals surface area contributed by atoms with Crippen LogP contribution in [0.3, 0.4) is 0 Å². The molecule has 1 aromatic heterocycles. The quantitative estimate of drug-likeness (QED) is 0.772. The van der Waals surface area contributed by atoms with Crippen molar-refractivity contribution in [3.63, 3.8) is 0 Å². The minimum absolute atomic E-state index is 0.865. The summed E-state index contributed by atoms with van der Waals surface area (Å²) in [4.78, 5) is 4.28. The summed E-state index contributed by atoms with van der Waals surface area (Å²) in [6.07, 6.45) is 2.90. The average Bonchev–Trinajstić information content (AvgIpc) is 2.22. The molecule has 0 amide bonds. The standard InChI is InChI=1S/C9H14N2.C2H6/c1-3-8-5-4-6-11-9(8)7-10-2;1-2/h4-6,10H,3,7H2,1-2H3;1-2H3. The van der Waals surface area contributed by atoms with Gasteiger partial charge in [0.2, 0.25) is 0 Å². The van der Waals surface area contributed by atoms with Crippen LogP contribution in [0.1, 0.15) is 32.0 Å². The van der Waals surface area contributed by atoms with Crippen molar-refractivity contribution in [1.29, 1.82) is 0 Å². The Morgan fingerprint density at radius 3 is 2.62 bits per heavy atom. The lowest BCUT2D eigenvalue weighted by Gasteiger charge is -2.04. The molecule has 0 unspecified atom stereocenters. The highest BCUT2D eigenvalue weighted by Gasteiger charge is 1.97. The van der Waals surface area contributed by atoms with E-state index in [1.165, 1.54) is 5.56 Å². The Labute approximate surface area is 81.4 Å². The van der Waals surface area contributed by atoms with Crippen LogP contribution in [0.15, 0.2) is 18.3 Å². The molecule has 2 nitrogen and oxygen atoms in total. The molecule has 0 radical (unpaired) electrons. The van der Waals surface area contributed by atoms with Crippen LogP contribution in [-0.4, -0.2) is 12.0 Å². The van der Waals surface area contributed by atoms with Gasteiger partial charge >= 0.3 is 0 Å². The van der Waals surface area contributed by atoms with Gasteiger partial charge in [0.05, 0.1) is 5.69 Å². The fourth-order valence-electron chi connectivity index (χ4n) is 1.12. The van der Waals surface area contributed by atoms with Crippen molar-refractivity contribution in [3.05, 3.63) is 29.6 Å². The van der Waals surface area contributed by atoms with E-state index in [-0.39, 0.29) is 0 Å². The van der Waals surface area contributed by atoms with Crippen molar-refractivity contribution >= 4 is 0 Å². The minimum atomic E-state index is 0.865. The summed E-state index contributed by atoms with van der Waals surface area (Å²) in [5.74, 6) is 0. The van der Waals surface area contributed by atoms with Crippen molar-refractivity contribution in [2.75, 3.05) is 7.05 Å². The van der Waals surface area contributed by atoms with Gasteiger partial charge < -0.3 is 5.32 Å². The maximum Gasteiger partial charge on any atom is 0.0573 e. The van der Waals surface area contributed by atoms with Crippen LogP contribution in [-0.2, 0) is 13.0 Å². The second-order valence-electron chi connectivity index (χ2n) is 2.49. The zero-order chi connectivity index (χ0) is 10.1. The number of hydrogen-bond acceptors (Lipinski definition) is 2. The van der Waals surface area contributed by atoms with E-state index in [2.05, 4.69) is 23.3 Å². The van der Waals surface area contributed by atoms with Gasteiger partial charge in [0.25, 0.3) is 0 Å². The van der Waals surface area contributed by atoms with Gasteiger partial charge in [0.1, 0.15) is 0 Å². The van der Waals surface area contributed by atoms with Crippen molar-refractivity contribution in [2.45, 2.75) is 33.7 Å². The minimum Gasteiger partial charge on any atom is -0.314 e. The lowest BCUT2D eigenvalue weighted by molar-refractivity contribution is 0.777. The molecule has 13 heavy (non-hydrogen) atoms. The van der Waals surface area contributed by atoms with Crippen LogP contribution >= 0.6 is 0 Å². The Balaban J connectivity index is 0.000000671. The third-order valence-corrected chi connectivity index (χ3v) is 1.71. The molecule has 1 heterocycles. The Morgan fingerprint density at radius 2 is 2.08 bits per heavy atom. The molecule has 1 aromatic rings. The summed E-state index contributed by atoms with van der Waals surface area (Å²) in [6, 6.07) is 4.11. The zero-order valence-corrected chi connectivity index (χ0v) is 9.09. The van der Waals surface area contributed by atoms with E-state index in [0.717, 1.165) is 18.7 Å². The molecule has 0 aliphatic heterocycles. The molecule has 0 saturated carbocycles. The molecule has 0 saturated heterocycles. The molecule has 1 rings (SSSR count). The lowest BCUT2D eigenvalue weighted by atomic mass is 10.1. The van der Waals surface area contributed by atoms with Crippen LogP contribution in [0.25, 0.3) is 0 Å². The second kappa shape index (κ2) is 7.74. The van der Waals surface area contributed by atoms with E-state index in [1.807, 2.05) is 33.2 Å². The molecular weight excluding hydrogens is 160 g/mol. The number of hydrogen-bond donors (Lipinski definition) is 1. The Kier molecular flexibility index (Phi) is 7.21. The van der Waals surface area contributed by atoms with Gasteiger partial charge in [0.15, 0.2) is 0 Å². The monoisotopic (exact) mass is 180 g/mol. The van der Waals surface area contributed by atoms with Crippen LogP contribution in [0.5, 0.6) is 0 Å². The predicted octanol–water partition coefficient (Wildman–Crippen LogP) is 2.39. The van der Waals surface area contributed by atoms with E-state index >= 15 is 0 Å². The average molecular weight is 180 g/mol. The SMILES string of the molecule is CC.CCc1cccnc1CNC.